The largest absolute Gasteiger partial charge is 0.497 e. The van der Waals surface area contributed by atoms with Crippen molar-refractivity contribution in [1.82, 2.24) is 0 Å². The van der Waals surface area contributed by atoms with Crippen LogP contribution >= 0.6 is 11.6 Å². The zero-order chi connectivity index (χ0) is 15.2. The van der Waals surface area contributed by atoms with E-state index in [2.05, 4.69) is 10.6 Å². The number of benzene rings is 2. The number of methoxy groups -OCH3 is 1. The molecule has 0 unspecified atom stereocenters. The summed E-state index contributed by atoms with van der Waals surface area (Å²) in [4.78, 5) is 12.0. The van der Waals surface area contributed by atoms with Gasteiger partial charge in [-0.1, -0.05) is 23.7 Å². The van der Waals surface area contributed by atoms with E-state index in [0.29, 0.717) is 5.02 Å². The van der Waals surface area contributed by atoms with Gasteiger partial charge >= 0.3 is 0 Å². The van der Waals surface area contributed by atoms with Crippen molar-refractivity contribution in [2.24, 2.45) is 0 Å². The van der Waals surface area contributed by atoms with E-state index < -0.39 is 0 Å². The Hall–Kier alpha value is -2.20. The van der Waals surface area contributed by atoms with Gasteiger partial charge in [-0.05, 0) is 36.8 Å². The normalized spacial score (nSPS) is 10.0. The molecule has 0 spiro atoms. The van der Waals surface area contributed by atoms with Gasteiger partial charge in [0.25, 0.3) is 0 Å². The molecule has 2 aromatic carbocycles. The highest BCUT2D eigenvalue weighted by atomic mass is 35.5. The fourth-order valence-electron chi connectivity index (χ4n) is 1.85. The number of halogens is 1. The number of ether oxygens (including phenoxy) is 1. The summed E-state index contributed by atoms with van der Waals surface area (Å²) in [5.74, 6) is 0.606. The number of carbonyl (C=O) groups excluding carboxylic acids is 1. The minimum Gasteiger partial charge on any atom is -0.497 e. The van der Waals surface area contributed by atoms with Crippen LogP contribution in [0.3, 0.4) is 0 Å². The van der Waals surface area contributed by atoms with Crippen LogP contribution in [0.2, 0.25) is 5.02 Å². The lowest BCUT2D eigenvalue weighted by atomic mass is 10.2. The molecule has 2 N–H and O–H groups in total. The quantitative estimate of drug-likeness (QED) is 0.885. The lowest BCUT2D eigenvalue weighted by molar-refractivity contribution is -0.114. The molecule has 21 heavy (non-hydrogen) atoms. The van der Waals surface area contributed by atoms with Crippen LogP contribution in [0.1, 0.15) is 5.56 Å². The van der Waals surface area contributed by atoms with Crippen molar-refractivity contribution in [1.29, 1.82) is 0 Å². The summed E-state index contributed by atoms with van der Waals surface area (Å²) in [5.41, 5.74) is 2.40. The van der Waals surface area contributed by atoms with Gasteiger partial charge in [-0.3, -0.25) is 4.79 Å². The number of carbonyl (C=O) groups is 1. The van der Waals surface area contributed by atoms with Gasteiger partial charge in [0.2, 0.25) is 5.91 Å². The van der Waals surface area contributed by atoms with Crippen molar-refractivity contribution in [2.75, 3.05) is 24.3 Å². The van der Waals surface area contributed by atoms with Gasteiger partial charge < -0.3 is 15.4 Å². The molecule has 0 radical (unpaired) electrons. The molecule has 4 nitrogen and oxygen atoms in total. The fraction of sp³-hybridized carbons (Fsp3) is 0.188. The first-order chi connectivity index (χ1) is 10.1. The average Bonchev–Trinajstić information content (AvgIpc) is 2.50. The number of hydrogen-bond acceptors (Lipinski definition) is 3. The maximum Gasteiger partial charge on any atom is 0.243 e. The summed E-state index contributed by atoms with van der Waals surface area (Å²) in [6, 6.07) is 12.8. The summed E-state index contributed by atoms with van der Waals surface area (Å²) in [5, 5.41) is 6.51. The molecule has 2 rings (SSSR count). The predicted molar refractivity (Wildman–Crippen MR) is 86.3 cm³/mol. The summed E-state index contributed by atoms with van der Waals surface area (Å²) in [6.45, 7) is 2.03. The van der Waals surface area contributed by atoms with E-state index in [-0.39, 0.29) is 12.5 Å². The third-order valence-corrected chi connectivity index (χ3v) is 3.47. The maximum absolute atomic E-state index is 12.0. The molecule has 5 heteroatoms. The maximum atomic E-state index is 12.0. The highest BCUT2D eigenvalue weighted by molar-refractivity contribution is 6.31. The van der Waals surface area contributed by atoms with Crippen LogP contribution in [-0.4, -0.2) is 19.6 Å². The zero-order valence-electron chi connectivity index (χ0n) is 11.9. The van der Waals surface area contributed by atoms with Gasteiger partial charge in [-0.2, -0.15) is 0 Å². The van der Waals surface area contributed by atoms with Crippen molar-refractivity contribution < 1.29 is 9.53 Å². The molecule has 1 amide bonds. The molecule has 0 atom stereocenters. The number of nitrogens with one attached hydrogen (secondary N) is 2. The SMILES string of the molecule is COc1cccc(NCC(=O)Nc2cccc(Cl)c2C)c1. The molecular weight excluding hydrogens is 288 g/mol. The molecule has 0 saturated heterocycles. The van der Waals surface area contributed by atoms with Crippen LogP contribution in [0, 0.1) is 6.92 Å². The van der Waals surface area contributed by atoms with Crippen LogP contribution in [0.4, 0.5) is 11.4 Å². The van der Waals surface area contributed by atoms with E-state index in [0.717, 1.165) is 22.7 Å². The zero-order valence-corrected chi connectivity index (χ0v) is 12.7. The van der Waals surface area contributed by atoms with E-state index in [1.54, 1.807) is 19.2 Å². The summed E-state index contributed by atoms with van der Waals surface area (Å²) < 4.78 is 5.13. The lowest BCUT2D eigenvalue weighted by Crippen LogP contribution is -2.22. The third kappa shape index (κ3) is 4.13. The summed E-state index contributed by atoms with van der Waals surface area (Å²) >= 11 is 6.02. The number of amides is 1. The van der Waals surface area contributed by atoms with Gasteiger partial charge in [0.05, 0.1) is 13.7 Å². The van der Waals surface area contributed by atoms with Crippen LogP contribution in [0.15, 0.2) is 42.5 Å². The van der Waals surface area contributed by atoms with Crippen LogP contribution < -0.4 is 15.4 Å². The fourth-order valence-corrected chi connectivity index (χ4v) is 2.03. The monoisotopic (exact) mass is 304 g/mol. The second kappa shape index (κ2) is 6.99. The standard InChI is InChI=1S/C16H17ClN2O2/c1-11-14(17)7-4-8-15(11)19-16(20)10-18-12-5-3-6-13(9-12)21-2/h3-9,18H,10H2,1-2H3,(H,19,20). The molecule has 110 valence electrons. The van der Waals surface area contributed by atoms with Gasteiger partial charge in [0, 0.05) is 22.5 Å². The Bertz CT molecular complexity index is 644. The Morgan fingerprint density at radius 2 is 2.00 bits per heavy atom. The van der Waals surface area contributed by atoms with E-state index in [1.807, 2.05) is 37.3 Å². The Kier molecular flexibility index (Phi) is 5.06. The van der Waals surface area contributed by atoms with E-state index >= 15 is 0 Å². The molecule has 0 aromatic heterocycles. The average molecular weight is 305 g/mol. The van der Waals surface area contributed by atoms with Crippen LogP contribution in [0.5, 0.6) is 5.75 Å². The number of hydrogen-bond donors (Lipinski definition) is 2. The Morgan fingerprint density at radius 3 is 2.76 bits per heavy atom. The Balaban J connectivity index is 1.94. The summed E-state index contributed by atoms with van der Waals surface area (Å²) in [7, 11) is 1.60. The summed E-state index contributed by atoms with van der Waals surface area (Å²) in [6.07, 6.45) is 0. The number of anilines is 2. The molecule has 0 aliphatic heterocycles. The lowest BCUT2D eigenvalue weighted by Gasteiger charge is -2.11. The highest BCUT2D eigenvalue weighted by Gasteiger charge is 2.06. The van der Waals surface area contributed by atoms with Gasteiger partial charge in [-0.25, -0.2) is 0 Å². The molecule has 0 fully saturated rings. The molecule has 0 heterocycles. The second-order valence-corrected chi connectivity index (χ2v) is 4.95. The smallest absolute Gasteiger partial charge is 0.243 e. The van der Waals surface area contributed by atoms with Crippen molar-refractivity contribution in [3.63, 3.8) is 0 Å². The predicted octanol–water partition coefficient (Wildman–Crippen LogP) is 3.71. The third-order valence-electron chi connectivity index (χ3n) is 3.06. The van der Waals surface area contributed by atoms with Gasteiger partial charge in [0.15, 0.2) is 0 Å². The van der Waals surface area contributed by atoms with Gasteiger partial charge in [0.1, 0.15) is 5.75 Å². The van der Waals surface area contributed by atoms with Crippen molar-refractivity contribution >= 4 is 28.9 Å². The van der Waals surface area contributed by atoms with Crippen LogP contribution in [-0.2, 0) is 4.79 Å². The van der Waals surface area contributed by atoms with Crippen molar-refractivity contribution in [3.05, 3.63) is 53.1 Å². The van der Waals surface area contributed by atoms with E-state index in [9.17, 15) is 4.79 Å². The second-order valence-electron chi connectivity index (χ2n) is 4.55. The van der Waals surface area contributed by atoms with Crippen molar-refractivity contribution in [3.8, 4) is 5.75 Å². The first-order valence-electron chi connectivity index (χ1n) is 6.53. The first-order valence-corrected chi connectivity index (χ1v) is 6.91. The minimum absolute atomic E-state index is 0.136. The Labute approximate surface area is 129 Å². The Morgan fingerprint density at radius 1 is 1.24 bits per heavy atom. The van der Waals surface area contributed by atoms with E-state index in [4.69, 9.17) is 16.3 Å². The molecule has 2 aromatic rings. The molecular formula is C16H17ClN2O2. The molecule has 0 bridgehead atoms. The van der Waals surface area contributed by atoms with Gasteiger partial charge in [-0.15, -0.1) is 0 Å². The number of rotatable bonds is 5. The molecule has 0 saturated carbocycles. The molecule has 0 aliphatic rings. The topological polar surface area (TPSA) is 50.4 Å². The van der Waals surface area contributed by atoms with E-state index in [1.165, 1.54) is 0 Å². The van der Waals surface area contributed by atoms with Crippen LogP contribution in [0.25, 0.3) is 0 Å². The molecule has 0 aliphatic carbocycles. The van der Waals surface area contributed by atoms with Crippen molar-refractivity contribution in [2.45, 2.75) is 6.92 Å². The highest BCUT2D eigenvalue weighted by Crippen LogP contribution is 2.23. The first kappa shape index (κ1) is 15.2. The minimum atomic E-state index is -0.136.